The third kappa shape index (κ3) is 6.15. The SMILES string of the molecule is CC(C)(CC(NC(=O)OCC1c2ccccc2-c2ccccc21)C(=O)O)N1CCN(Cc2ccccc2)CC1. The minimum absolute atomic E-state index is 0.0740. The number of carbonyl (C=O) groups excluding carboxylic acids is 1. The lowest BCUT2D eigenvalue weighted by Gasteiger charge is -2.45. The summed E-state index contributed by atoms with van der Waals surface area (Å²) in [4.78, 5) is 29.7. The van der Waals surface area contributed by atoms with Crippen LogP contribution in [0.5, 0.6) is 0 Å². The van der Waals surface area contributed by atoms with Crippen molar-refractivity contribution in [2.75, 3.05) is 32.8 Å². The molecule has 1 aliphatic carbocycles. The van der Waals surface area contributed by atoms with E-state index in [1.54, 1.807) is 0 Å². The molecule has 0 bridgehead atoms. The van der Waals surface area contributed by atoms with Gasteiger partial charge in [-0.1, -0.05) is 78.9 Å². The highest BCUT2D eigenvalue weighted by Crippen LogP contribution is 2.44. The molecule has 1 unspecified atom stereocenters. The Hall–Kier alpha value is -3.68. The average molecular weight is 528 g/mol. The van der Waals surface area contributed by atoms with E-state index in [1.165, 1.54) is 5.56 Å². The van der Waals surface area contributed by atoms with Crippen molar-refractivity contribution in [1.82, 2.24) is 15.1 Å². The van der Waals surface area contributed by atoms with Gasteiger partial charge in [-0.2, -0.15) is 0 Å². The van der Waals surface area contributed by atoms with Crippen LogP contribution in [0, 0.1) is 0 Å². The van der Waals surface area contributed by atoms with E-state index in [0.29, 0.717) is 0 Å². The second-order valence-electron chi connectivity index (χ2n) is 11.1. The molecule has 5 rings (SSSR count). The Kier molecular flexibility index (Phi) is 8.00. The Labute approximate surface area is 230 Å². The van der Waals surface area contributed by atoms with Crippen molar-refractivity contribution in [3.63, 3.8) is 0 Å². The highest BCUT2D eigenvalue weighted by atomic mass is 16.5. The molecule has 1 fully saturated rings. The van der Waals surface area contributed by atoms with Gasteiger partial charge < -0.3 is 15.2 Å². The first-order valence-electron chi connectivity index (χ1n) is 13.7. The quantitative estimate of drug-likeness (QED) is 0.409. The zero-order valence-corrected chi connectivity index (χ0v) is 22.7. The van der Waals surface area contributed by atoms with Gasteiger partial charge in [-0.25, -0.2) is 9.59 Å². The van der Waals surface area contributed by atoms with Crippen LogP contribution in [0.2, 0.25) is 0 Å². The molecule has 1 atom stereocenters. The topological polar surface area (TPSA) is 82.1 Å². The van der Waals surface area contributed by atoms with Crippen molar-refractivity contribution in [2.45, 2.75) is 44.3 Å². The maximum atomic E-state index is 12.8. The largest absolute Gasteiger partial charge is 0.480 e. The number of carboxylic acid groups (broad SMARTS) is 1. The van der Waals surface area contributed by atoms with Crippen LogP contribution in [0.4, 0.5) is 4.79 Å². The first kappa shape index (κ1) is 26.9. The molecule has 204 valence electrons. The van der Waals surface area contributed by atoms with Crippen LogP contribution in [-0.4, -0.2) is 71.3 Å². The first-order valence-corrected chi connectivity index (χ1v) is 13.7. The Bertz CT molecular complexity index is 1260. The summed E-state index contributed by atoms with van der Waals surface area (Å²) in [7, 11) is 0. The summed E-state index contributed by atoms with van der Waals surface area (Å²) in [6, 6.07) is 25.7. The number of ether oxygens (including phenoxy) is 1. The van der Waals surface area contributed by atoms with Crippen LogP contribution in [0.3, 0.4) is 0 Å². The molecule has 0 saturated carbocycles. The lowest BCUT2D eigenvalue weighted by atomic mass is 9.92. The number of hydrogen-bond acceptors (Lipinski definition) is 5. The Morgan fingerprint density at radius 3 is 2.05 bits per heavy atom. The van der Waals surface area contributed by atoms with E-state index in [-0.39, 0.29) is 18.9 Å². The number of aliphatic carboxylic acids is 1. The number of alkyl carbamates (subject to hydrolysis) is 1. The van der Waals surface area contributed by atoms with E-state index >= 15 is 0 Å². The fourth-order valence-electron chi connectivity index (χ4n) is 5.96. The minimum Gasteiger partial charge on any atom is -0.480 e. The number of benzene rings is 3. The predicted molar refractivity (Wildman–Crippen MR) is 152 cm³/mol. The zero-order valence-electron chi connectivity index (χ0n) is 22.7. The number of nitrogens with one attached hydrogen (secondary N) is 1. The molecule has 3 aromatic rings. The summed E-state index contributed by atoms with van der Waals surface area (Å²) in [5.74, 6) is -1.13. The second kappa shape index (κ2) is 11.6. The molecule has 0 spiro atoms. The van der Waals surface area contributed by atoms with Crippen molar-refractivity contribution in [1.29, 1.82) is 0 Å². The summed E-state index contributed by atoms with van der Waals surface area (Å²) in [6.45, 7) is 8.68. The fourth-order valence-corrected chi connectivity index (χ4v) is 5.96. The molecule has 7 heteroatoms. The van der Waals surface area contributed by atoms with Crippen molar-refractivity contribution < 1.29 is 19.4 Å². The molecule has 2 N–H and O–H groups in total. The van der Waals surface area contributed by atoms with Crippen molar-refractivity contribution >= 4 is 12.1 Å². The number of carbonyl (C=O) groups is 2. The molecular weight excluding hydrogens is 490 g/mol. The van der Waals surface area contributed by atoms with Crippen LogP contribution in [0.1, 0.15) is 42.9 Å². The Morgan fingerprint density at radius 2 is 1.46 bits per heavy atom. The molecule has 7 nitrogen and oxygen atoms in total. The van der Waals surface area contributed by atoms with Crippen LogP contribution in [0.25, 0.3) is 11.1 Å². The van der Waals surface area contributed by atoms with Gasteiger partial charge in [0.25, 0.3) is 0 Å². The fraction of sp³-hybridized carbons (Fsp3) is 0.375. The van der Waals surface area contributed by atoms with Gasteiger partial charge in [-0.3, -0.25) is 9.80 Å². The highest BCUT2D eigenvalue weighted by Gasteiger charge is 2.36. The number of carboxylic acids is 1. The van der Waals surface area contributed by atoms with Gasteiger partial charge >= 0.3 is 12.1 Å². The maximum absolute atomic E-state index is 12.8. The van der Waals surface area contributed by atoms with E-state index < -0.39 is 23.6 Å². The van der Waals surface area contributed by atoms with E-state index in [2.05, 4.69) is 77.5 Å². The van der Waals surface area contributed by atoms with Gasteiger partial charge in [-0.15, -0.1) is 0 Å². The van der Waals surface area contributed by atoms with E-state index in [9.17, 15) is 14.7 Å². The van der Waals surface area contributed by atoms with Gasteiger partial charge in [-0.05, 0) is 48.1 Å². The number of piperazine rings is 1. The van der Waals surface area contributed by atoms with Crippen molar-refractivity contribution in [3.8, 4) is 11.1 Å². The zero-order chi connectivity index (χ0) is 27.4. The lowest BCUT2D eigenvalue weighted by molar-refractivity contribution is -0.140. The second-order valence-corrected chi connectivity index (χ2v) is 11.1. The van der Waals surface area contributed by atoms with E-state index in [0.717, 1.165) is 55.0 Å². The Balaban J connectivity index is 1.15. The van der Waals surface area contributed by atoms with Crippen molar-refractivity contribution in [3.05, 3.63) is 95.6 Å². The smallest absolute Gasteiger partial charge is 0.407 e. The number of amides is 1. The molecular formula is C32H37N3O4. The summed E-state index contributed by atoms with van der Waals surface area (Å²) < 4.78 is 5.62. The number of rotatable bonds is 9. The molecule has 1 heterocycles. The predicted octanol–water partition coefficient (Wildman–Crippen LogP) is 4.96. The third-order valence-electron chi connectivity index (χ3n) is 8.11. The van der Waals surface area contributed by atoms with Crippen molar-refractivity contribution in [2.24, 2.45) is 0 Å². The molecule has 1 saturated heterocycles. The normalized spacial score (nSPS) is 16.8. The summed E-state index contributed by atoms with van der Waals surface area (Å²) >= 11 is 0. The molecule has 0 radical (unpaired) electrons. The summed E-state index contributed by atoms with van der Waals surface area (Å²) in [5, 5.41) is 12.6. The molecule has 3 aromatic carbocycles. The molecule has 0 aromatic heterocycles. The number of nitrogens with zero attached hydrogens (tertiary/aromatic N) is 2. The Morgan fingerprint density at radius 1 is 0.897 bits per heavy atom. The van der Waals surface area contributed by atoms with Crippen LogP contribution in [0.15, 0.2) is 78.9 Å². The average Bonchev–Trinajstić information content (AvgIpc) is 3.26. The minimum atomic E-state index is -1.06. The highest BCUT2D eigenvalue weighted by molar-refractivity contribution is 5.81. The maximum Gasteiger partial charge on any atom is 0.407 e. The monoisotopic (exact) mass is 527 g/mol. The summed E-state index contributed by atoms with van der Waals surface area (Å²) in [6.07, 6.45) is -0.418. The third-order valence-corrected chi connectivity index (χ3v) is 8.11. The molecule has 1 aliphatic heterocycles. The van der Waals surface area contributed by atoms with Gasteiger partial charge in [0.2, 0.25) is 0 Å². The number of fused-ring (bicyclic) bond motifs is 3. The molecule has 2 aliphatic rings. The summed E-state index contributed by atoms with van der Waals surface area (Å²) in [5.41, 5.74) is 5.43. The lowest BCUT2D eigenvalue weighted by Crippen LogP contribution is -2.57. The molecule has 1 amide bonds. The van der Waals surface area contributed by atoms with Crippen LogP contribution < -0.4 is 5.32 Å². The van der Waals surface area contributed by atoms with Gasteiger partial charge in [0.15, 0.2) is 0 Å². The van der Waals surface area contributed by atoms with Gasteiger partial charge in [0, 0.05) is 44.2 Å². The standard InChI is InChI=1S/C32H37N3O4/c1-32(2,35-18-16-34(17-19-35)21-23-10-4-3-5-11-23)20-29(30(36)37)33-31(38)39-22-28-26-14-8-6-12-24(26)25-13-7-9-15-27(25)28/h3-15,28-29H,16-22H2,1-2H3,(H,33,38)(H,36,37). The molecule has 39 heavy (non-hydrogen) atoms. The van der Waals surface area contributed by atoms with E-state index in [4.69, 9.17) is 4.74 Å². The van der Waals surface area contributed by atoms with Gasteiger partial charge in [0.05, 0.1) is 0 Å². The van der Waals surface area contributed by atoms with Gasteiger partial charge in [0.1, 0.15) is 12.6 Å². The van der Waals surface area contributed by atoms with Crippen LogP contribution in [-0.2, 0) is 16.1 Å². The first-order chi connectivity index (χ1) is 18.8. The van der Waals surface area contributed by atoms with E-state index in [1.807, 2.05) is 30.3 Å². The number of hydrogen-bond donors (Lipinski definition) is 2. The van der Waals surface area contributed by atoms with Crippen LogP contribution >= 0.6 is 0 Å².